The van der Waals surface area contributed by atoms with Crippen LogP contribution in [-0.4, -0.2) is 89.6 Å². The molecule has 1 rings (SSSR count). The van der Waals surface area contributed by atoms with Crippen LogP contribution in [0.2, 0.25) is 0 Å². The van der Waals surface area contributed by atoms with Gasteiger partial charge in [-0.2, -0.15) is 0 Å². The number of hydrogen-bond acceptors (Lipinski definition) is 8. The summed E-state index contributed by atoms with van der Waals surface area (Å²) in [6, 6.07) is -3.98. The highest BCUT2D eigenvalue weighted by molar-refractivity contribution is 5.94. The van der Waals surface area contributed by atoms with E-state index in [-0.39, 0.29) is 37.7 Å². The Morgan fingerprint density at radius 3 is 2.05 bits per heavy atom. The van der Waals surface area contributed by atoms with E-state index in [1.54, 1.807) is 0 Å². The fourth-order valence-electron chi connectivity index (χ4n) is 3.78. The van der Waals surface area contributed by atoms with Crippen molar-refractivity contribution in [1.29, 1.82) is 0 Å². The lowest BCUT2D eigenvalue weighted by atomic mass is 10.0. The molecule has 0 radical (unpaired) electrons. The molecule has 3 amide bonds. The number of aliphatic imine (C=N–C) groups is 1. The fraction of sp³-hybridized carbons (Fsp3) is 0.727. The number of carbonyl (C=O) groups excluding carboxylic acids is 3. The average Bonchev–Trinajstić information content (AvgIpc) is 3.37. The molecule has 1 aliphatic heterocycles. The summed E-state index contributed by atoms with van der Waals surface area (Å²) in [4.78, 5) is 64.9. The molecular weight excluding hydrogens is 488 g/mol. The van der Waals surface area contributed by atoms with Gasteiger partial charge in [0.1, 0.15) is 18.1 Å². The Morgan fingerprint density at radius 1 is 0.892 bits per heavy atom. The maximum absolute atomic E-state index is 13.2. The monoisotopic (exact) mass is 528 g/mol. The quantitative estimate of drug-likeness (QED) is 0.0502. The first-order chi connectivity index (χ1) is 17.5. The van der Waals surface area contributed by atoms with Gasteiger partial charge in [-0.3, -0.25) is 24.2 Å². The predicted molar refractivity (Wildman–Crippen MR) is 134 cm³/mol. The van der Waals surface area contributed by atoms with Gasteiger partial charge in [-0.1, -0.05) is 0 Å². The number of hydrogen-bond donors (Lipinski definition) is 9. The van der Waals surface area contributed by atoms with Gasteiger partial charge in [-0.25, -0.2) is 4.79 Å². The van der Waals surface area contributed by atoms with Crippen molar-refractivity contribution in [3.05, 3.63) is 0 Å². The Kier molecular flexibility index (Phi) is 14.6. The molecule has 0 saturated carbocycles. The minimum absolute atomic E-state index is 0.0628. The van der Waals surface area contributed by atoms with Gasteiger partial charge in [0.25, 0.3) is 0 Å². The normalized spacial score (nSPS) is 17.2. The molecule has 0 aromatic rings. The van der Waals surface area contributed by atoms with Crippen molar-refractivity contribution < 1.29 is 34.2 Å². The van der Waals surface area contributed by atoms with Crippen LogP contribution in [0.1, 0.15) is 57.8 Å². The predicted octanol–water partition coefficient (Wildman–Crippen LogP) is -2.68. The van der Waals surface area contributed by atoms with E-state index < -0.39 is 54.3 Å². The van der Waals surface area contributed by atoms with E-state index in [0.29, 0.717) is 38.8 Å². The van der Waals surface area contributed by atoms with E-state index in [1.807, 2.05) is 0 Å². The number of aliphatic carboxylic acids is 2. The standard InChI is InChI=1S/C22H40N8O7/c23-10-2-1-5-14(28-18(33)13-6-3-11-26-13)19(34)29-15(7-4-12-27-22(24)25)20(35)30-16(21(36)37)8-9-17(31)32/h13-16,26H,1-12,23H2,(H,28,33)(H,29,34)(H,30,35)(H,31,32)(H,36,37)(H4,24,25,27). The second-order valence-electron chi connectivity index (χ2n) is 8.84. The van der Waals surface area contributed by atoms with Gasteiger partial charge >= 0.3 is 11.9 Å². The van der Waals surface area contributed by atoms with Gasteiger partial charge in [-0.05, 0) is 64.5 Å². The zero-order valence-corrected chi connectivity index (χ0v) is 20.9. The van der Waals surface area contributed by atoms with Crippen molar-refractivity contribution in [3.63, 3.8) is 0 Å². The third-order valence-corrected chi connectivity index (χ3v) is 5.80. The molecule has 1 saturated heterocycles. The maximum atomic E-state index is 13.2. The highest BCUT2D eigenvalue weighted by Crippen LogP contribution is 2.09. The van der Waals surface area contributed by atoms with E-state index >= 15 is 0 Å². The van der Waals surface area contributed by atoms with Crippen molar-refractivity contribution >= 4 is 35.6 Å². The molecule has 1 heterocycles. The van der Waals surface area contributed by atoms with Crippen LogP contribution in [0.15, 0.2) is 4.99 Å². The number of nitrogens with one attached hydrogen (secondary N) is 4. The highest BCUT2D eigenvalue weighted by atomic mass is 16.4. The topological polar surface area (TPSA) is 264 Å². The molecule has 1 fully saturated rings. The summed E-state index contributed by atoms with van der Waals surface area (Å²) >= 11 is 0. The maximum Gasteiger partial charge on any atom is 0.326 e. The summed E-state index contributed by atoms with van der Waals surface area (Å²) in [7, 11) is 0. The SMILES string of the molecule is NCCCCC(NC(=O)C1CCCN1)C(=O)NC(CCCN=C(N)N)C(=O)NC(CCC(=O)O)C(=O)O. The molecule has 1 aliphatic rings. The number of nitrogens with zero attached hydrogens (tertiary/aromatic N) is 1. The molecule has 12 N–H and O–H groups in total. The van der Waals surface area contributed by atoms with Crippen LogP contribution in [0.4, 0.5) is 0 Å². The van der Waals surface area contributed by atoms with Crippen LogP contribution in [0.3, 0.4) is 0 Å². The number of rotatable bonds is 18. The largest absolute Gasteiger partial charge is 0.481 e. The molecule has 0 aromatic carbocycles. The number of amides is 3. The molecule has 15 nitrogen and oxygen atoms in total. The minimum Gasteiger partial charge on any atom is -0.481 e. The lowest BCUT2D eigenvalue weighted by Gasteiger charge is -2.25. The van der Waals surface area contributed by atoms with E-state index in [2.05, 4.69) is 26.3 Å². The third-order valence-electron chi connectivity index (χ3n) is 5.80. The van der Waals surface area contributed by atoms with Crippen molar-refractivity contribution in [2.75, 3.05) is 19.6 Å². The molecule has 37 heavy (non-hydrogen) atoms. The Morgan fingerprint density at radius 2 is 1.51 bits per heavy atom. The van der Waals surface area contributed by atoms with Crippen LogP contribution in [-0.2, 0) is 24.0 Å². The van der Waals surface area contributed by atoms with Crippen molar-refractivity contribution in [3.8, 4) is 0 Å². The first kappa shape index (κ1) is 31.6. The Labute approximate surface area is 215 Å². The van der Waals surface area contributed by atoms with Crippen LogP contribution < -0.4 is 38.5 Å². The number of guanidine groups is 1. The zero-order chi connectivity index (χ0) is 27.8. The van der Waals surface area contributed by atoms with E-state index in [1.165, 1.54) is 0 Å². The van der Waals surface area contributed by atoms with E-state index in [4.69, 9.17) is 22.3 Å². The Hall–Kier alpha value is -3.46. The summed E-state index contributed by atoms with van der Waals surface area (Å²) in [6.07, 6.45) is 2.50. The second kappa shape index (κ2) is 17.1. The summed E-state index contributed by atoms with van der Waals surface area (Å²) in [5.41, 5.74) is 16.2. The van der Waals surface area contributed by atoms with Gasteiger partial charge in [0.2, 0.25) is 17.7 Å². The number of carboxylic acids is 2. The lowest BCUT2D eigenvalue weighted by Crippen LogP contribution is -2.57. The van der Waals surface area contributed by atoms with Gasteiger partial charge in [0, 0.05) is 13.0 Å². The Bertz CT molecular complexity index is 813. The van der Waals surface area contributed by atoms with E-state index in [9.17, 15) is 29.1 Å². The van der Waals surface area contributed by atoms with Crippen LogP contribution in [0.5, 0.6) is 0 Å². The van der Waals surface area contributed by atoms with E-state index in [0.717, 1.165) is 6.42 Å². The van der Waals surface area contributed by atoms with Crippen LogP contribution in [0, 0.1) is 0 Å². The number of nitrogens with two attached hydrogens (primary N) is 3. The average molecular weight is 529 g/mol. The summed E-state index contributed by atoms with van der Waals surface area (Å²) in [6.45, 7) is 1.27. The van der Waals surface area contributed by atoms with Gasteiger partial charge in [0.05, 0.1) is 6.04 Å². The number of unbranched alkanes of at least 4 members (excludes halogenated alkanes) is 1. The third kappa shape index (κ3) is 12.9. The molecule has 4 atom stereocenters. The second-order valence-corrected chi connectivity index (χ2v) is 8.84. The molecule has 0 aromatic heterocycles. The van der Waals surface area contributed by atoms with Gasteiger partial charge in [-0.15, -0.1) is 0 Å². The van der Waals surface area contributed by atoms with Crippen molar-refractivity contribution in [2.45, 2.75) is 82.0 Å². The zero-order valence-electron chi connectivity index (χ0n) is 20.9. The first-order valence-corrected chi connectivity index (χ1v) is 12.4. The number of carbonyl (C=O) groups is 5. The molecule has 4 unspecified atom stereocenters. The molecule has 0 aliphatic carbocycles. The molecule has 0 spiro atoms. The summed E-state index contributed by atoms with van der Waals surface area (Å²) < 4.78 is 0. The fourth-order valence-corrected chi connectivity index (χ4v) is 3.78. The first-order valence-electron chi connectivity index (χ1n) is 12.4. The van der Waals surface area contributed by atoms with Crippen LogP contribution in [0.25, 0.3) is 0 Å². The number of carboxylic acid groups (broad SMARTS) is 2. The summed E-state index contributed by atoms with van der Waals surface area (Å²) in [5.74, 6) is -4.50. The minimum atomic E-state index is -1.46. The molecule has 15 heteroatoms. The van der Waals surface area contributed by atoms with Crippen molar-refractivity contribution in [2.24, 2.45) is 22.2 Å². The van der Waals surface area contributed by atoms with Crippen molar-refractivity contribution in [1.82, 2.24) is 21.3 Å². The van der Waals surface area contributed by atoms with Gasteiger partial charge < -0.3 is 48.7 Å². The highest BCUT2D eigenvalue weighted by Gasteiger charge is 2.31. The lowest BCUT2D eigenvalue weighted by molar-refractivity contribution is -0.143. The Balaban J connectivity index is 2.97. The molecule has 0 bridgehead atoms. The smallest absolute Gasteiger partial charge is 0.326 e. The van der Waals surface area contributed by atoms with Gasteiger partial charge in [0.15, 0.2) is 5.96 Å². The molecular formula is C22H40N8O7. The summed E-state index contributed by atoms with van der Waals surface area (Å²) in [5, 5.41) is 28.9. The molecule has 210 valence electrons. The van der Waals surface area contributed by atoms with Crippen LogP contribution >= 0.6 is 0 Å².